The summed E-state index contributed by atoms with van der Waals surface area (Å²) in [6.45, 7) is 0. The van der Waals surface area contributed by atoms with Gasteiger partial charge < -0.3 is 9.84 Å². The van der Waals surface area contributed by atoms with Crippen LogP contribution in [0.1, 0.15) is 24.0 Å². The Labute approximate surface area is 106 Å². The highest BCUT2D eigenvalue weighted by Crippen LogP contribution is 2.64. The summed E-state index contributed by atoms with van der Waals surface area (Å²) in [5.74, 6) is 2.38. The van der Waals surface area contributed by atoms with Crippen LogP contribution in [-0.2, 0) is 11.8 Å². The van der Waals surface area contributed by atoms with Crippen molar-refractivity contribution in [2.24, 2.45) is 11.8 Å². The number of rotatable bonds is 0. The highest BCUT2D eigenvalue weighted by molar-refractivity contribution is 5.56. The molecule has 5 unspecified atom stereocenters. The molecule has 1 aliphatic heterocycles. The lowest BCUT2D eigenvalue weighted by Crippen LogP contribution is -2.50. The van der Waals surface area contributed by atoms with Crippen molar-refractivity contribution in [2.75, 3.05) is 0 Å². The largest absolute Gasteiger partial charge is 0.486 e. The molecule has 0 aromatic heterocycles. The second-order valence-electron chi connectivity index (χ2n) is 6.36. The van der Waals surface area contributed by atoms with E-state index in [9.17, 15) is 5.11 Å². The molecule has 1 aromatic carbocycles. The SMILES string of the molecule is OC1C=CC2CC3Cc4cccc5c4C2(C3)C1O5. The number of hydrogen-bond donors (Lipinski definition) is 1. The van der Waals surface area contributed by atoms with E-state index in [0.29, 0.717) is 5.92 Å². The molecule has 3 aliphatic carbocycles. The average molecular weight is 240 g/mol. The Hall–Kier alpha value is -1.28. The van der Waals surface area contributed by atoms with E-state index >= 15 is 0 Å². The predicted molar refractivity (Wildman–Crippen MR) is 67.6 cm³/mol. The summed E-state index contributed by atoms with van der Waals surface area (Å²) in [5.41, 5.74) is 2.98. The molecule has 1 fully saturated rings. The minimum Gasteiger partial charge on any atom is -0.486 e. The van der Waals surface area contributed by atoms with Crippen LogP contribution in [0.3, 0.4) is 0 Å². The van der Waals surface area contributed by atoms with Gasteiger partial charge in [0.25, 0.3) is 0 Å². The molecule has 18 heavy (non-hydrogen) atoms. The van der Waals surface area contributed by atoms with E-state index in [1.165, 1.54) is 30.4 Å². The quantitative estimate of drug-likeness (QED) is 0.704. The number of hydrogen-bond acceptors (Lipinski definition) is 2. The molecule has 92 valence electrons. The van der Waals surface area contributed by atoms with E-state index in [1.54, 1.807) is 0 Å². The van der Waals surface area contributed by atoms with Gasteiger partial charge in [0.05, 0.1) is 0 Å². The molecule has 5 rings (SSSR count). The molecule has 5 atom stereocenters. The number of ether oxygens (including phenoxy) is 1. The molecule has 2 heteroatoms. The summed E-state index contributed by atoms with van der Waals surface area (Å²) in [5, 5.41) is 10.3. The zero-order valence-electron chi connectivity index (χ0n) is 10.2. The predicted octanol–water partition coefficient (Wildman–Crippen LogP) is 2.20. The van der Waals surface area contributed by atoms with Crippen LogP contribution >= 0.6 is 0 Å². The second-order valence-corrected chi connectivity index (χ2v) is 6.36. The molecule has 1 heterocycles. The Morgan fingerprint density at radius 3 is 3.17 bits per heavy atom. The maximum absolute atomic E-state index is 10.3. The zero-order valence-corrected chi connectivity index (χ0v) is 10.2. The van der Waals surface area contributed by atoms with E-state index < -0.39 is 6.10 Å². The highest BCUT2D eigenvalue weighted by Gasteiger charge is 2.63. The summed E-state index contributed by atoms with van der Waals surface area (Å²) >= 11 is 0. The number of aliphatic hydroxyl groups excluding tert-OH is 1. The minimum atomic E-state index is -0.446. The second kappa shape index (κ2) is 2.83. The summed E-state index contributed by atoms with van der Waals surface area (Å²) < 4.78 is 6.13. The van der Waals surface area contributed by atoms with E-state index in [2.05, 4.69) is 24.3 Å². The lowest BCUT2D eigenvalue weighted by molar-refractivity contribution is 0.0138. The minimum absolute atomic E-state index is 0.0473. The fourth-order valence-corrected chi connectivity index (χ4v) is 5.09. The van der Waals surface area contributed by atoms with Gasteiger partial charge in [-0.15, -0.1) is 0 Å². The first-order chi connectivity index (χ1) is 8.79. The van der Waals surface area contributed by atoms with Gasteiger partial charge in [0, 0.05) is 11.0 Å². The van der Waals surface area contributed by atoms with E-state index in [1.807, 2.05) is 6.08 Å². The van der Waals surface area contributed by atoms with Gasteiger partial charge in [-0.2, -0.15) is 0 Å². The van der Waals surface area contributed by atoms with Gasteiger partial charge in [0.1, 0.15) is 18.0 Å². The van der Waals surface area contributed by atoms with Crippen LogP contribution in [0, 0.1) is 11.8 Å². The van der Waals surface area contributed by atoms with Crippen molar-refractivity contribution in [3.63, 3.8) is 0 Å². The molecule has 2 bridgehead atoms. The summed E-state index contributed by atoms with van der Waals surface area (Å²) in [6.07, 6.45) is 7.37. The summed E-state index contributed by atoms with van der Waals surface area (Å²) in [6, 6.07) is 6.43. The van der Waals surface area contributed by atoms with Gasteiger partial charge in [0.15, 0.2) is 0 Å². The molecular formula is C16H16O2. The van der Waals surface area contributed by atoms with E-state index in [4.69, 9.17) is 4.74 Å². The van der Waals surface area contributed by atoms with Crippen molar-refractivity contribution in [1.29, 1.82) is 0 Å². The zero-order chi connectivity index (χ0) is 11.9. The van der Waals surface area contributed by atoms with Crippen LogP contribution in [0.4, 0.5) is 0 Å². The van der Waals surface area contributed by atoms with Gasteiger partial charge in [-0.25, -0.2) is 0 Å². The smallest absolute Gasteiger partial charge is 0.138 e. The monoisotopic (exact) mass is 240 g/mol. The first kappa shape index (κ1) is 9.62. The maximum atomic E-state index is 10.3. The van der Waals surface area contributed by atoms with Gasteiger partial charge in [-0.1, -0.05) is 24.3 Å². The fraction of sp³-hybridized carbons (Fsp3) is 0.500. The fourth-order valence-electron chi connectivity index (χ4n) is 5.09. The Balaban J connectivity index is 1.86. The van der Waals surface area contributed by atoms with Crippen molar-refractivity contribution < 1.29 is 9.84 Å². The van der Waals surface area contributed by atoms with Crippen LogP contribution in [-0.4, -0.2) is 17.3 Å². The Morgan fingerprint density at radius 1 is 1.28 bits per heavy atom. The van der Waals surface area contributed by atoms with Crippen LogP contribution < -0.4 is 4.74 Å². The molecule has 1 saturated carbocycles. The maximum Gasteiger partial charge on any atom is 0.138 e. The van der Waals surface area contributed by atoms with E-state index in [0.717, 1.165) is 11.7 Å². The molecular weight excluding hydrogens is 224 g/mol. The molecule has 1 spiro atoms. The van der Waals surface area contributed by atoms with Crippen LogP contribution in [0.5, 0.6) is 5.75 Å². The average Bonchev–Trinajstić information content (AvgIpc) is 2.85. The number of fused-ring (bicyclic) bond motifs is 1. The standard InChI is InChI=1S/C16H16O2/c17-12-5-4-11-7-9-6-10-2-1-3-13-14(10)16(11,8-9)15(12)18-13/h1-5,9,11-12,15,17H,6-8H2. The molecule has 0 saturated heterocycles. The van der Waals surface area contributed by atoms with Crippen LogP contribution in [0.15, 0.2) is 30.4 Å². The van der Waals surface area contributed by atoms with Gasteiger partial charge in [-0.05, 0) is 42.7 Å². The lowest BCUT2D eigenvalue weighted by Gasteiger charge is -2.41. The third-order valence-corrected chi connectivity index (χ3v) is 5.57. The van der Waals surface area contributed by atoms with Crippen molar-refractivity contribution in [3.05, 3.63) is 41.5 Å². The van der Waals surface area contributed by atoms with Crippen molar-refractivity contribution in [3.8, 4) is 5.75 Å². The molecule has 1 aromatic rings. The Morgan fingerprint density at radius 2 is 2.22 bits per heavy atom. The first-order valence-electron chi connectivity index (χ1n) is 6.94. The van der Waals surface area contributed by atoms with Crippen molar-refractivity contribution in [1.82, 2.24) is 0 Å². The topological polar surface area (TPSA) is 29.5 Å². The normalized spacial score (nSPS) is 45.8. The lowest BCUT2D eigenvalue weighted by atomic mass is 9.62. The molecule has 0 amide bonds. The molecule has 1 N–H and O–H groups in total. The Kier molecular flexibility index (Phi) is 1.51. The number of benzene rings is 1. The third-order valence-electron chi connectivity index (χ3n) is 5.57. The van der Waals surface area contributed by atoms with E-state index in [-0.39, 0.29) is 11.5 Å². The van der Waals surface area contributed by atoms with Gasteiger partial charge >= 0.3 is 0 Å². The Bertz CT molecular complexity index is 576. The summed E-state index contributed by atoms with van der Waals surface area (Å²) in [7, 11) is 0. The van der Waals surface area contributed by atoms with Gasteiger partial charge in [0.2, 0.25) is 0 Å². The van der Waals surface area contributed by atoms with Crippen molar-refractivity contribution >= 4 is 0 Å². The molecule has 0 radical (unpaired) electrons. The van der Waals surface area contributed by atoms with Crippen LogP contribution in [0.25, 0.3) is 0 Å². The number of aliphatic hydroxyl groups is 1. The highest BCUT2D eigenvalue weighted by atomic mass is 16.5. The van der Waals surface area contributed by atoms with Crippen LogP contribution in [0.2, 0.25) is 0 Å². The third kappa shape index (κ3) is 0.861. The van der Waals surface area contributed by atoms with Crippen molar-refractivity contribution in [2.45, 2.75) is 36.9 Å². The van der Waals surface area contributed by atoms with Gasteiger partial charge in [-0.3, -0.25) is 0 Å². The molecule has 4 aliphatic rings. The molecule has 2 nitrogen and oxygen atoms in total. The first-order valence-corrected chi connectivity index (χ1v) is 6.94. The summed E-state index contributed by atoms with van der Waals surface area (Å²) in [4.78, 5) is 0. The number of allylic oxidation sites excluding steroid dienone is 1.